The van der Waals surface area contributed by atoms with Gasteiger partial charge in [-0.2, -0.15) is 4.31 Å². The van der Waals surface area contributed by atoms with Crippen LogP contribution >= 0.6 is 0 Å². The highest BCUT2D eigenvalue weighted by molar-refractivity contribution is 7.89. The Morgan fingerprint density at radius 3 is 2.39 bits per heavy atom. The van der Waals surface area contributed by atoms with E-state index in [0.29, 0.717) is 31.4 Å². The molecule has 10 heteroatoms. The van der Waals surface area contributed by atoms with Crippen LogP contribution in [0.1, 0.15) is 19.3 Å². The van der Waals surface area contributed by atoms with E-state index in [0.717, 1.165) is 52.0 Å². The van der Waals surface area contributed by atoms with E-state index in [9.17, 15) is 18.5 Å². The molecule has 5 rings (SSSR count). The lowest BCUT2D eigenvalue weighted by Crippen LogP contribution is -2.62. The number of piperazine rings is 3. The number of rotatable bonds is 6. The molecule has 9 nitrogen and oxygen atoms in total. The van der Waals surface area contributed by atoms with Crippen LogP contribution < -0.4 is 5.32 Å². The predicted octanol–water partition coefficient (Wildman–Crippen LogP) is 1.18. The molecule has 1 atom stereocenters. The number of nitrogens with one attached hydrogen (secondary N) is 1. The normalized spacial score (nSPS) is 28.2. The number of anilines is 1. The van der Waals surface area contributed by atoms with Gasteiger partial charge >= 0.3 is 0 Å². The van der Waals surface area contributed by atoms with E-state index in [2.05, 4.69) is 15.1 Å². The van der Waals surface area contributed by atoms with Gasteiger partial charge in [0.2, 0.25) is 10.0 Å². The van der Waals surface area contributed by atoms with Crippen molar-refractivity contribution >= 4 is 21.4 Å². The van der Waals surface area contributed by atoms with Crippen LogP contribution in [0.4, 0.5) is 11.4 Å². The third kappa shape index (κ3) is 3.86. The van der Waals surface area contributed by atoms with E-state index in [4.69, 9.17) is 0 Å². The highest BCUT2D eigenvalue weighted by Gasteiger charge is 2.32. The molecule has 0 aromatic heterocycles. The van der Waals surface area contributed by atoms with Crippen molar-refractivity contribution < 1.29 is 13.3 Å². The van der Waals surface area contributed by atoms with Crippen LogP contribution in [0, 0.1) is 10.1 Å². The maximum Gasteiger partial charge on any atom is 0.293 e. The van der Waals surface area contributed by atoms with Crippen LogP contribution in [-0.2, 0) is 10.0 Å². The molecule has 1 aromatic carbocycles. The standard InChI is InChI=1S/C18H27N5O4S/c24-23(25)18-12-16(28(26,27)22-6-2-1-3-7-22)4-5-17(18)19-13-15-14-20-8-10-21(15)11-9-20/h4-5,12,15,19H,1-3,6-11,13-14H2. The Kier molecular flexibility index (Phi) is 5.55. The largest absolute Gasteiger partial charge is 0.378 e. The van der Waals surface area contributed by atoms with E-state index in [1.807, 2.05) is 0 Å². The molecule has 0 radical (unpaired) electrons. The van der Waals surface area contributed by atoms with Gasteiger partial charge in [-0.3, -0.25) is 19.9 Å². The molecule has 1 N–H and O–H groups in total. The van der Waals surface area contributed by atoms with E-state index in [-0.39, 0.29) is 10.6 Å². The summed E-state index contributed by atoms with van der Waals surface area (Å²) in [6.07, 6.45) is 2.68. The van der Waals surface area contributed by atoms with E-state index in [1.54, 1.807) is 0 Å². The average molecular weight is 410 g/mol. The molecule has 0 saturated carbocycles. The maximum absolute atomic E-state index is 12.8. The third-order valence-corrected chi connectivity index (χ3v) is 7.93. The van der Waals surface area contributed by atoms with Crippen LogP contribution in [0.3, 0.4) is 0 Å². The third-order valence-electron chi connectivity index (χ3n) is 6.04. The van der Waals surface area contributed by atoms with Gasteiger partial charge in [-0.05, 0) is 25.0 Å². The minimum Gasteiger partial charge on any atom is -0.378 e. The van der Waals surface area contributed by atoms with Crippen molar-refractivity contribution in [2.75, 3.05) is 57.7 Å². The lowest BCUT2D eigenvalue weighted by Gasteiger charge is -2.47. The molecule has 0 aliphatic carbocycles. The topological polar surface area (TPSA) is 99.0 Å². The van der Waals surface area contributed by atoms with E-state index >= 15 is 0 Å². The highest BCUT2D eigenvalue weighted by atomic mass is 32.2. The minimum absolute atomic E-state index is 0.00163. The van der Waals surface area contributed by atoms with Crippen molar-refractivity contribution in [1.82, 2.24) is 14.1 Å². The number of hydrogen-bond donors (Lipinski definition) is 1. The Morgan fingerprint density at radius 2 is 1.79 bits per heavy atom. The zero-order valence-electron chi connectivity index (χ0n) is 15.9. The minimum atomic E-state index is -3.69. The second kappa shape index (κ2) is 7.94. The van der Waals surface area contributed by atoms with Gasteiger partial charge < -0.3 is 5.32 Å². The van der Waals surface area contributed by atoms with Crippen molar-refractivity contribution in [3.63, 3.8) is 0 Å². The summed E-state index contributed by atoms with van der Waals surface area (Å²) < 4.78 is 27.1. The molecule has 28 heavy (non-hydrogen) atoms. The van der Waals surface area contributed by atoms with Crippen LogP contribution in [0.2, 0.25) is 0 Å². The van der Waals surface area contributed by atoms with Gasteiger partial charge in [0.15, 0.2) is 0 Å². The lowest BCUT2D eigenvalue weighted by atomic mass is 10.1. The van der Waals surface area contributed by atoms with E-state index < -0.39 is 14.9 Å². The summed E-state index contributed by atoms with van der Waals surface area (Å²) in [4.78, 5) is 15.9. The van der Waals surface area contributed by atoms with Gasteiger partial charge in [-0.1, -0.05) is 6.42 Å². The second-order valence-electron chi connectivity index (χ2n) is 7.77. The first-order valence-electron chi connectivity index (χ1n) is 9.94. The molecule has 4 aliphatic rings. The fraction of sp³-hybridized carbons (Fsp3) is 0.667. The Balaban J connectivity index is 1.51. The van der Waals surface area contributed by atoms with Crippen LogP contribution in [0.15, 0.2) is 23.1 Å². The SMILES string of the molecule is O=[N+]([O-])c1cc(S(=O)(=O)N2CCCCC2)ccc1NCC1CN2CCN1CC2. The molecule has 4 saturated heterocycles. The summed E-state index contributed by atoms with van der Waals surface area (Å²) in [6.45, 7) is 6.74. The monoisotopic (exact) mass is 409 g/mol. The Labute approximate surface area is 165 Å². The van der Waals surface area contributed by atoms with Crippen molar-refractivity contribution in [3.8, 4) is 0 Å². The smallest absolute Gasteiger partial charge is 0.293 e. The zero-order chi connectivity index (χ0) is 19.7. The number of piperidine rings is 1. The van der Waals surface area contributed by atoms with Crippen molar-refractivity contribution in [3.05, 3.63) is 28.3 Å². The summed E-state index contributed by atoms with van der Waals surface area (Å²) >= 11 is 0. The zero-order valence-corrected chi connectivity index (χ0v) is 16.7. The summed E-state index contributed by atoms with van der Waals surface area (Å²) in [5.41, 5.74) is 0.189. The number of hydrogen-bond acceptors (Lipinski definition) is 7. The molecule has 0 amide bonds. The van der Waals surface area contributed by atoms with Crippen molar-refractivity contribution in [2.24, 2.45) is 0 Å². The van der Waals surface area contributed by atoms with Gasteiger partial charge in [0.25, 0.3) is 5.69 Å². The first-order valence-corrected chi connectivity index (χ1v) is 11.4. The van der Waals surface area contributed by atoms with Gasteiger partial charge in [0.1, 0.15) is 5.69 Å². The Hall–Kier alpha value is -1.75. The molecule has 4 aliphatic heterocycles. The van der Waals surface area contributed by atoms with Crippen molar-refractivity contribution in [2.45, 2.75) is 30.2 Å². The fourth-order valence-electron chi connectivity index (χ4n) is 4.37. The number of nitro groups is 1. The summed E-state index contributed by atoms with van der Waals surface area (Å²) in [5.74, 6) is 0. The molecular weight excluding hydrogens is 382 g/mol. The quantitative estimate of drug-likeness (QED) is 0.556. The molecule has 4 fully saturated rings. The summed E-state index contributed by atoms with van der Waals surface area (Å²) in [7, 11) is -3.69. The Bertz CT molecular complexity index is 832. The highest BCUT2D eigenvalue weighted by Crippen LogP contribution is 2.30. The van der Waals surface area contributed by atoms with Crippen molar-refractivity contribution in [1.29, 1.82) is 0 Å². The van der Waals surface area contributed by atoms with Gasteiger partial charge in [0, 0.05) is 64.5 Å². The Morgan fingerprint density at radius 1 is 1.07 bits per heavy atom. The van der Waals surface area contributed by atoms with Crippen LogP contribution in [0.5, 0.6) is 0 Å². The number of nitro benzene ring substituents is 1. The molecule has 0 spiro atoms. The lowest BCUT2D eigenvalue weighted by molar-refractivity contribution is -0.384. The fourth-order valence-corrected chi connectivity index (χ4v) is 5.91. The molecular formula is C18H27N5O4S. The van der Waals surface area contributed by atoms with Crippen LogP contribution in [-0.4, -0.2) is 85.8 Å². The molecule has 4 heterocycles. The molecule has 1 aromatic rings. The molecule has 2 bridgehead atoms. The molecule has 154 valence electrons. The van der Waals surface area contributed by atoms with Gasteiger partial charge in [-0.25, -0.2) is 8.42 Å². The van der Waals surface area contributed by atoms with Gasteiger partial charge in [-0.15, -0.1) is 0 Å². The first kappa shape index (κ1) is 19.6. The number of nitrogens with zero attached hydrogens (tertiary/aromatic N) is 4. The number of benzene rings is 1. The van der Waals surface area contributed by atoms with Gasteiger partial charge in [0.05, 0.1) is 9.82 Å². The summed E-state index contributed by atoms with van der Waals surface area (Å²) in [6, 6.07) is 4.53. The first-order chi connectivity index (χ1) is 13.4. The average Bonchev–Trinajstić information content (AvgIpc) is 2.73. The number of sulfonamides is 1. The number of fused-ring (bicyclic) bond motifs is 3. The van der Waals surface area contributed by atoms with E-state index in [1.165, 1.54) is 22.5 Å². The predicted molar refractivity (Wildman–Crippen MR) is 106 cm³/mol. The maximum atomic E-state index is 12.8. The van der Waals surface area contributed by atoms with Crippen LogP contribution in [0.25, 0.3) is 0 Å². The second-order valence-corrected chi connectivity index (χ2v) is 9.71. The summed E-state index contributed by atoms with van der Waals surface area (Å²) in [5, 5.41) is 14.8. The molecule has 1 unspecified atom stereocenters.